The van der Waals surface area contributed by atoms with Crippen LogP contribution in [0.3, 0.4) is 0 Å². The molecule has 0 spiro atoms. The second-order valence-corrected chi connectivity index (χ2v) is 5.03. The van der Waals surface area contributed by atoms with Gasteiger partial charge in [0.25, 0.3) is 5.91 Å². The number of pyridine rings is 1. The number of aromatic nitrogens is 1. The van der Waals surface area contributed by atoms with Gasteiger partial charge in [-0.25, -0.2) is 4.98 Å². The average Bonchev–Trinajstić information content (AvgIpc) is 2.39. The highest BCUT2D eigenvalue weighted by molar-refractivity contribution is 5.78. The minimum Gasteiger partial charge on any atom is -0.480 e. The van der Waals surface area contributed by atoms with E-state index < -0.39 is 0 Å². The number of carbonyl (C=O) groups is 1. The topological polar surface area (TPSA) is 77.2 Å². The van der Waals surface area contributed by atoms with Crippen molar-refractivity contribution < 1.29 is 9.53 Å². The maximum absolute atomic E-state index is 11.8. The molecule has 1 amide bonds. The van der Waals surface area contributed by atoms with Gasteiger partial charge in [0.05, 0.1) is 0 Å². The summed E-state index contributed by atoms with van der Waals surface area (Å²) in [7, 11) is 0. The molecule has 1 aliphatic rings. The van der Waals surface area contributed by atoms with Gasteiger partial charge in [-0.05, 0) is 31.9 Å². The molecule has 1 aromatic heterocycles. The van der Waals surface area contributed by atoms with Crippen molar-refractivity contribution in [3.05, 3.63) is 17.8 Å². The predicted octanol–water partition coefficient (Wildman–Crippen LogP) is 1.80. The van der Waals surface area contributed by atoms with Gasteiger partial charge in [0.1, 0.15) is 0 Å². The molecule has 0 atom stereocenters. The second kappa shape index (κ2) is 6.41. The summed E-state index contributed by atoms with van der Waals surface area (Å²) in [5.74, 6) is 0.696. The van der Waals surface area contributed by atoms with Crippen LogP contribution in [0.5, 0.6) is 5.75 Å². The molecule has 0 aromatic carbocycles. The minimum atomic E-state index is -0.0909. The van der Waals surface area contributed by atoms with Crippen molar-refractivity contribution in [3.63, 3.8) is 0 Å². The Balaban J connectivity index is 1.79. The fourth-order valence-corrected chi connectivity index (χ4v) is 2.35. The number of ether oxygens (including phenoxy) is 1. The van der Waals surface area contributed by atoms with Crippen LogP contribution in [-0.4, -0.2) is 23.5 Å². The molecule has 0 radical (unpaired) electrons. The van der Waals surface area contributed by atoms with Gasteiger partial charge in [0.2, 0.25) is 0 Å². The van der Waals surface area contributed by atoms with E-state index in [-0.39, 0.29) is 12.5 Å². The Morgan fingerprint density at radius 3 is 2.84 bits per heavy atom. The highest BCUT2D eigenvalue weighted by atomic mass is 16.5. The summed E-state index contributed by atoms with van der Waals surface area (Å²) in [4.78, 5) is 15.9. The van der Waals surface area contributed by atoms with Gasteiger partial charge < -0.3 is 15.8 Å². The van der Waals surface area contributed by atoms with Crippen LogP contribution >= 0.6 is 0 Å². The third-order valence-corrected chi connectivity index (χ3v) is 3.35. The third kappa shape index (κ3) is 4.12. The third-order valence-electron chi connectivity index (χ3n) is 3.35. The van der Waals surface area contributed by atoms with Crippen LogP contribution in [0.1, 0.15) is 37.8 Å². The van der Waals surface area contributed by atoms with Crippen molar-refractivity contribution in [2.24, 2.45) is 0 Å². The highest BCUT2D eigenvalue weighted by Crippen LogP contribution is 2.19. The molecular formula is C14H21N3O2. The van der Waals surface area contributed by atoms with E-state index in [1.807, 2.05) is 13.0 Å². The summed E-state index contributed by atoms with van der Waals surface area (Å²) in [6.45, 7) is 1.85. The van der Waals surface area contributed by atoms with Gasteiger partial charge in [0, 0.05) is 11.7 Å². The van der Waals surface area contributed by atoms with E-state index in [1.165, 1.54) is 19.3 Å². The number of aryl methyl sites for hydroxylation is 1. The van der Waals surface area contributed by atoms with Crippen molar-refractivity contribution in [2.45, 2.75) is 45.1 Å². The summed E-state index contributed by atoms with van der Waals surface area (Å²) >= 11 is 0. The molecule has 0 unspecified atom stereocenters. The Morgan fingerprint density at radius 2 is 2.16 bits per heavy atom. The number of carbonyl (C=O) groups excluding carboxylic acids is 1. The molecule has 19 heavy (non-hydrogen) atoms. The lowest BCUT2D eigenvalue weighted by atomic mass is 9.95. The second-order valence-electron chi connectivity index (χ2n) is 5.03. The molecule has 5 nitrogen and oxygen atoms in total. The van der Waals surface area contributed by atoms with Gasteiger partial charge in [-0.15, -0.1) is 0 Å². The van der Waals surface area contributed by atoms with E-state index in [1.54, 1.807) is 6.07 Å². The van der Waals surface area contributed by atoms with Crippen molar-refractivity contribution in [2.75, 3.05) is 12.3 Å². The molecule has 5 heteroatoms. The largest absolute Gasteiger partial charge is 0.480 e. The first kappa shape index (κ1) is 13.6. The lowest BCUT2D eigenvalue weighted by Crippen LogP contribution is -2.39. The number of nitrogens with zero attached hydrogens (tertiary/aromatic N) is 1. The van der Waals surface area contributed by atoms with E-state index in [4.69, 9.17) is 10.5 Å². The summed E-state index contributed by atoms with van der Waals surface area (Å²) < 4.78 is 5.40. The van der Waals surface area contributed by atoms with Crippen LogP contribution in [0, 0.1) is 6.92 Å². The molecule has 1 aromatic rings. The molecule has 1 heterocycles. The predicted molar refractivity (Wildman–Crippen MR) is 73.9 cm³/mol. The number of anilines is 1. The lowest BCUT2D eigenvalue weighted by Gasteiger charge is -2.22. The molecule has 1 saturated carbocycles. The molecular weight excluding hydrogens is 242 g/mol. The first-order valence-corrected chi connectivity index (χ1v) is 6.80. The summed E-state index contributed by atoms with van der Waals surface area (Å²) in [5, 5.41) is 2.99. The molecule has 3 N–H and O–H groups in total. The smallest absolute Gasteiger partial charge is 0.258 e. The van der Waals surface area contributed by atoms with Crippen LogP contribution in [0.4, 0.5) is 5.82 Å². The fraction of sp³-hybridized carbons (Fsp3) is 0.571. The normalized spacial score (nSPS) is 16.1. The van der Waals surface area contributed by atoms with Gasteiger partial charge in [-0.1, -0.05) is 19.3 Å². The fourth-order valence-electron chi connectivity index (χ4n) is 2.35. The number of hydrogen-bond acceptors (Lipinski definition) is 4. The molecule has 2 rings (SSSR count). The summed E-state index contributed by atoms with van der Waals surface area (Å²) in [6, 6.07) is 3.86. The monoisotopic (exact) mass is 263 g/mol. The Hall–Kier alpha value is -1.78. The van der Waals surface area contributed by atoms with E-state index in [2.05, 4.69) is 10.3 Å². The standard InChI is InChI=1S/C14H21N3O2/c1-10-7-8-12(14(15)16-10)19-9-13(18)17-11-5-3-2-4-6-11/h7-8,11H,2-6,9H2,1H3,(H2,15,16)(H,17,18). The molecule has 0 saturated heterocycles. The lowest BCUT2D eigenvalue weighted by molar-refractivity contribution is -0.124. The number of hydrogen-bond donors (Lipinski definition) is 2. The van der Waals surface area contributed by atoms with Crippen LogP contribution in [0.2, 0.25) is 0 Å². The SMILES string of the molecule is Cc1ccc(OCC(=O)NC2CCCCC2)c(N)n1. The van der Waals surface area contributed by atoms with E-state index in [0.717, 1.165) is 18.5 Å². The number of amides is 1. The van der Waals surface area contributed by atoms with Gasteiger partial charge in [-0.2, -0.15) is 0 Å². The summed E-state index contributed by atoms with van der Waals surface area (Å²) in [5.41, 5.74) is 6.55. The Morgan fingerprint density at radius 1 is 1.42 bits per heavy atom. The Labute approximate surface area is 113 Å². The van der Waals surface area contributed by atoms with E-state index >= 15 is 0 Å². The number of nitrogens with two attached hydrogens (primary N) is 1. The van der Waals surface area contributed by atoms with Crippen molar-refractivity contribution in [3.8, 4) is 5.75 Å². The van der Waals surface area contributed by atoms with Crippen molar-refractivity contribution in [1.82, 2.24) is 10.3 Å². The zero-order valence-electron chi connectivity index (χ0n) is 11.3. The zero-order valence-corrected chi connectivity index (χ0v) is 11.3. The van der Waals surface area contributed by atoms with Crippen molar-refractivity contribution >= 4 is 11.7 Å². The number of nitrogen functional groups attached to an aromatic ring is 1. The maximum Gasteiger partial charge on any atom is 0.258 e. The van der Waals surface area contributed by atoms with Crippen LogP contribution < -0.4 is 15.8 Å². The first-order valence-electron chi connectivity index (χ1n) is 6.80. The summed E-state index contributed by atoms with van der Waals surface area (Å²) in [6.07, 6.45) is 5.80. The minimum absolute atomic E-state index is 0.00849. The molecule has 104 valence electrons. The van der Waals surface area contributed by atoms with Crippen LogP contribution in [0.15, 0.2) is 12.1 Å². The van der Waals surface area contributed by atoms with Crippen molar-refractivity contribution in [1.29, 1.82) is 0 Å². The Bertz CT molecular complexity index is 442. The first-order chi connectivity index (χ1) is 9.15. The van der Waals surface area contributed by atoms with Gasteiger partial charge >= 0.3 is 0 Å². The Kier molecular flexibility index (Phi) is 4.60. The number of nitrogens with one attached hydrogen (secondary N) is 1. The quantitative estimate of drug-likeness (QED) is 0.868. The van der Waals surface area contributed by atoms with Crippen LogP contribution in [-0.2, 0) is 4.79 Å². The highest BCUT2D eigenvalue weighted by Gasteiger charge is 2.16. The van der Waals surface area contributed by atoms with E-state index in [9.17, 15) is 4.79 Å². The van der Waals surface area contributed by atoms with E-state index in [0.29, 0.717) is 17.6 Å². The number of rotatable bonds is 4. The average molecular weight is 263 g/mol. The molecule has 1 aliphatic carbocycles. The van der Waals surface area contributed by atoms with Gasteiger partial charge in [-0.3, -0.25) is 4.79 Å². The molecule has 0 bridgehead atoms. The maximum atomic E-state index is 11.8. The molecule has 1 fully saturated rings. The van der Waals surface area contributed by atoms with Crippen LogP contribution in [0.25, 0.3) is 0 Å². The van der Waals surface area contributed by atoms with Gasteiger partial charge in [0.15, 0.2) is 18.2 Å². The molecule has 0 aliphatic heterocycles. The zero-order chi connectivity index (χ0) is 13.7.